The van der Waals surface area contributed by atoms with Gasteiger partial charge in [0.2, 0.25) is 0 Å². The maximum atomic E-state index is 10.4. The molecule has 0 aliphatic carbocycles. The van der Waals surface area contributed by atoms with Crippen molar-refractivity contribution in [3.8, 4) is 0 Å². The maximum Gasteiger partial charge on any atom is 0.304 e. The first-order valence-electron chi connectivity index (χ1n) is 5.02. The van der Waals surface area contributed by atoms with Crippen molar-refractivity contribution in [2.45, 2.75) is 25.8 Å². The van der Waals surface area contributed by atoms with Crippen LogP contribution in [0.1, 0.15) is 18.9 Å². The van der Waals surface area contributed by atoms with E-state index in [0.717, 1.165) is 6.42 Å². The predicted octanol–water partition coefficient (Wildman–Crippen LogP) is 2.09. The van der Waals surface area contributed by atoms with Crippen LogP contribution in [0, 0.1) is 0 Å². The van der Waals surface area contributed by atoms with E-state index < -0.39 is 5.97 Å². The fourth-order valence-corrected chi connectivity index (χ4v) is 2.08. The lowest BCUT2D eigenvalue weighted by Crippen LogP contribution is -2.32. The van der Waals surface area contributed by atoms with Gasteiger partial charge in [-0.05, 0) is 42.8 Å². The average molecular weight is 227 g/mol. The highest BCUT2D eigenvalue weighted by Crippen LogP contribution is 2.11. The minimum Gasteiger partial charge on any atom is -0.481 e. The van der Waals surface area contributed by atoms with Gasteiger partial charge in [-0.15, -0.1) is 0 Å². The largest absolute Gasteiger partial charge is 0.481 e. The zero-order valence-corrected chi connectivity index (χ0v) is 9.96. The third-order valence-electron chi connectivity index (χ3n) is 2.54. The van der Waals surface area contributed by atoms with Crippen LogP contribution in [-0.2, 0) is 11.2 Å². The summed E-state index contributed by atoms with van der Waals surface area (Å²) in [6, 6.07) is 2.51. The Labute approximate surface area is 94.3 Å². The van der Waals surface area contributed by atoms with Crippen molar-refractivity contribution in [3.05, 3.63) is 22.4 Å². The summed E-state index contributed by atoms with van der Waals surface area (Å²) in [5.41, 5.74) is 1.33. The van der Waals surface area contributed by atoms with Gasteiger partial charge in [0.25, 0.3) is 0 Å². The van der Waals surface area contributed by atoms with Gasteiger partial charge >= 0.3 is 5.97 Å². The van der Waals surface area contributed by atoms with Crippen molar-refractivity contribution < 1.29 is 9.90 Å². The topological polar surface area (TPSA) is 40.5 Å². The number of carbonyl (C=O) groups is 1. The molecule has 1 N–H and O–H groups in total. The molecule has 0 aliphatic heterocycles. The minimum absolute atomic E-state index is 0.213. The quantitative estimate of drug-likeness (QED) is 0.809. The Balaban J connectivity index is 2.33. The molecule has 1 atom stereocenters. The highest BCUT2D eigenvalue weighted by Gasteiger charge is 2.11. The Morgan fingerprint density at radius 1 is 1.67 bits per heavy atom. The van der Waals surface area contributed by atoms with E-state index in [1.54, 1.807) is 11.3 Å². The summed E-state index contributed by atoms with van der Waals surface area (Å²) in [5, 5.41) is 12.8. The van der Waals surface area contributed by atoms with E-state index in [2.05, 4.69) is 28.7 Å². The molecule has 0 aromatic carbocycles. The van der Waals surface area contributed by atoms with Gasteiger partial charge in [-0.3, -0.25) is 4.79 Å². The number of likely N-dealkylation sites (N-methyl/N-ethyl adjacent to an activating group) is 1. The van der Waals surface area contributed by atoms with Gasteiger partial charge in [0.05, 0.1) is 6.42 Å². The maximum absolute atomic E-state index is 10.4. The van der Waals surface area contributed by atoms with Crippen LogP contribution >= 0.6 is 11.3 Å². The highest BCUT2D eigenvalue weighted by atomic mass is 32.1. The van der Waals surface area contributed by atoms with Crippen LogP contribution in [0.3, 0.4) is 0 Å². The first-order valence-corrected chi connectivity index (χ1v) is 5.97. The summed E-state index contributed by atoms with van der Waals surface area (Å²) in [6.45, 7) is 2.74. The molecule has 4 heteroatoms. The molecule has 0 unspecified atom stereocenters. The van der Waals surface area contributed by atoms with Crippen LogP contribution in [0.5, 0.6) is 0 Å². The zero-order valence-electron chi connectivity index (χ0n) is 9.14. The predicted molar refractivity (Wildman–Crippen MR) is 62.4 cm³/mol. The van der Waals surface area contributed by atoms with Gasteiger partial charge in [0.15, 0.2) is 0 Å². The average Bonchev–Trinajstić information content (AvgIpc) is 2.66. The lowest BCUT2D eigenvalue weighted by Gasteiger charge is -2.23. The van der Waals surface area contributed by atoms with Crippen molar-refractivity contribution in [3.63, 3.8) is 0 Å². The number of aliphatic carboxylic acids is 1. The molecule has 3 nitrogen and oxygen atoms in total. The molecule has 15 heavy (non-hydrogen) atoms. The Morgan fingerprint density at radius 2 is 2.40 bits per heavy atom. The van der Waals surface area contributed by atoms with E-state index in [0.29, 0.717) is 12.6 Å². The Kier molecular flexibility index (Phi) is 4.78. The first-order chi connectivity index (χ1) is 7.09. The van der Waals surface area contributed by atoms with Crippen molar-refractivity contribution in [2.24, 2.45) is 0 Å². The number of nitrogens with zero attached hydrogens (tertiary/aromatic N) is 1. The number of carboxylic acid groups (broad SMARTS) is 1. The van der Waals surface area contributed by atoms with Gasteiger partial charge in [0.1, 0.15) is 0 Å². The summed E-state index contributed by atoms with van der Waals surface area (Å²) < 4.78 is 0. The van der Waals surface area contributed by atoms with Crippen molar-refractivity contribution >= 4 is 17.3 Å². The SMILES string of the molecule is C[C@@H](Cc1ccsc1)N(C)CCC(=O)O. The third kappa shape index (κ3) is 4.44. The summed E-state index contributed by atoms with van der Waals surface area (Å²) in [7, 11) is 1.97. The van der Waals surface area contributed by atoms with E-state index in [-0.39, 0.29) is 6.42 Å². The molecule has 0 amide bonds. The van der Waals surface area contributed by atoms with E-state index in [1.165, 1.54) is 5.56 Å². The van der Waals surface area contributed by atoms with Gasteiger partial charge < -0.3 is 10.0 Å². The normalized spacial score (nSPS) is 13.0. The van der Waals surface area contributed by atoms with Crippen molar-refractivity contribution in [1.82, 2.24) is 4.90 Å². The number of rotatable bonds is 6. The van der Waals surface area contributed by atoms with Crippen LogP contribution in [0.4, 0.5) is 0 Å². The van der Waals surface area contributed by atoms with E-state index in [9.17, 15) is 4.79 Å². The van der Waals surface area contributed by atoms with Gasteiger partial charge in [0, 0.05) is 12.6 Å². The van der Waals surface area contributed by atoms with Crippen LogP contribution in [0.2, 0.25) is 0 Å². The van der Waals surface area contributed by atoms with Crippen LogP contribution in [-0.4, -0.2) is 35.6 Å². The summed E-state index contributed by atoms with van der Waals surface area (Å²) in [4.78, 5) is 12.5. The molecule has 1 heterocycles. The zero-order chi connectivity index (χ0) is 11.3. The molecule has 0 saturated carbocycles. The van der Waals surface area contributed by atoms with Crippen molar-refractivity contribution in [1.29, 1.82) is 0 Å². The van der Waals surface area contributed by atoms with Crippen LogP contribution in [0.15, 0.2) is 16.8 Å². The second kappa shape index (κ2) is 5.88. The number of hydrogen-bond donors (Lipinski definition) is 1. The number of thiophene rings is 1. The molecule has 0 bridgehead atoms. The van der Waals surface area contributed by atoms with E-state index in [4.69, 9.17) is 5.11 Å². The molecule has 0 spiro atoms. The molecule has 0 saturated heterocycles. The monoisotopic (exact) mass is 227 g/mol. The lowest BCUT2D eigenvalue weighted by atomic mass is 10.1. The molecule has 0 fully saturated rings. The number of hydrogen-bond acceptors (Lipinski definition) is 3. The standard InChI is InChI=1S/C11H17NO2S/c1-9(7-10-4-6-15-8-10)12(2)5-3-11(13)14/h4,6,8-9H,3,5,7H2,1-2H3,(H,13,14)/t9-/m0/s1. The Hall–Kier alpha value is -0.870. The fraction of sp³-hybridized carbons (Fsp3) is 0.545. The Morgan fingerprint density at radius 3 is 2.93 bits per heavy atom. The Bertz CT molecular complexity index is 298. The molecular formula is C11H17NO2S. The summed E-state index contributed by atoms with van der Waals surface area (Å²) in [5.74, 6) is -0.732. The van der Waals surface area contributed by atoms with E-state index in [1.807, 2.05) is 7.05 Å². The molecular weight excluding hydrogens is 210 g/mol. The van der Waals surface area contributed by atoms with Crippen molar-refractivity contribution in [2.75, 3.05) is 13.6 Å². The molecule has 1 aromatic heterocycles. The van der Waals surface area contributed by atoms with E-state index >= 15 is 0 Å². The first kappa shape index (κ1) is 12.2. The van der Waals surface area contributed by atoms with Gasteiger partial charge in [-0.25, -0.2) is 0 Å². The molecule has 1 aromatic rings. The number of carboxylic acids is 1. The second-order valence-electron chi connectivity index (χ2n) is 3.81. The van der Waals surface area contributed by atoms with Gasteiger partial charge in [-0.2, -0.15) is 11.3 Å². The minimum atomic E-state index is -0.732. The van der Waals surface area contributed by atoms with Crippen LogP contribution < -0.4 is 0 Å². The summed E-state index contributed by atoms with van der Waals surface area (Å²) in [6.07, 6.45) is 1.20. The third-order valence-corrected chi connectivity index (χ3v) is 3.27. The lowest BCUT2D eigenvalue weighted by molar-refractivity contribution is -0.137. The van der Waals surface area contributed by atoms with Gasteiger partial charge in [-0.1, -0.05) is 0 Å². The summed E-state index contributed by atoms with van der Waals surface area (Å²) >= 11 is 1.70. The smallest absolute Gasteiger partial charge is 0.304 e. The second-order valence-corrected chi connectivity index (χ2v) is 4.59. The molecule has 0 aliphatic rings. The molecule has 1 rings (SSSR count). The highest BCUT2D eigenvalue weighted by molar-refractivity contribution is 7.07. The molecule has 84 valence electrons. The van der Waals surface area contributed by atoms with Crippen LogP contribution in [0.25, 0.3) is 0 Å². The molecule has 0 radical (unpaired) electrons. The fourth-order valence-electron chi connectivity index (χ4n) is 1.40.